The third-order valence-corrected chi connectivity index (χ3v) is 0.889. The van der Waals surface area contributed by atoms with E-state index in [4.69, 9.17) is 5.26 Å². The van der Waals surface area contributed by atoms with Gasteiger partial charge < -0.3 is 4.74 Å². The van der Waals surface area contributed by atoms with E-state index in [2.05, 4.69) is 4.74 Å². The van der Waals surface area contributed by atoms with Crippen LogP contribution in [0.15, 0.2) is 0 Å². The van der Waals surface area contributed by atoms with Gasteiger partial charge in [-0.2, -0.15) is 14.0 Å². The van der Waals surface area contributed by atoms with E-state index in [1.807, 2.05) is 0 Å². The summed E-state index contributed by atoms with van der Waals surface area (Å²) in [5, 5.41) is 7.78. The molecule has 0 saturated heterocycles. The molecule has 0 fully saturated rings. The molecule has 8 heteroatoms. The Morgan fingerprint density at radius 3 is 2.38 bits per heavy atom. The number of rotatable bonds is 1. The molecule has 0 heterocycles. The Kier molecular flexibility index (Phi) is 3.58. The number of amides is 2. The Morgan fingerprint density at radius 2 is 2.00 bits per heavy atom. The number of hydrazine groups is 1. The van der Waals surface area contributed by atoms with Crippen molar-refractivity contribution in [2.75, 3.05) is 7.11 Å². The fraction of sp³-hybridized carbons (Fsp3) is 0.400. The van der Waals surface area contributed by atoms with E-state index in [1.54, 1.807) is 0 Å². The second-order valence-corrected chi connectivity index (χ2v) is 1.76. The van der Waals surface area contributed by atoms with E-state index in [0.29, 0.717) is 6.07 Å². The number of ether oxygens (including phenoxy) is 1. The van der Waals surface area contributed by atoms with Crippen molar-refractivity contribution in [2.45, 2.75) is 5.92 Å². The van der Waals surface area contributed by atoms with Gasteiger partial charge in [0.2, 0.25) is 0 Å². The predicted octanol–water partition coefficient (Wildman–Crippen LogP) is -0.468. The van der Waals surface area contributed by atoms with Crippen molar-refractivity contribution in [3.63, 3.8) is 0 Å². The number of methoxy groups -OCH3 is 1. The average molecular weight is 193 g/mol. The van der Waals surface area contributed by atoms with Gasteiger partial charge in [0.15, 0.2) is 0 Å². The molecule has 0 aliphatic carbocycles. The molecule has 0 unspecified atom stereocenters. The second-order valence-electron chi connectivity index (χ2n) is 1.76. The molecule has 0 aromatic rings. The van der Waals surface area contributed by atoms with E-state index in [9.17, 15) is 18.4 Å². The molecule has 13 heavy (non-hydrogen) atoms. The van der Waals surface area contributed by atoms with Crippen molar-refractivity contribution in [3.05, 3.63) is 0 Å². The van der Waals surface area contributed by atoms with Crippen LogP contribution in [-0.4, -0.2) is 25.0 Å². The highest BCUT2D eigenvalue weighted by Gasteiger charge is 2.39. The van der Waals surface area contributed by atoms with E-state index < -0.39 is 17.9 Å². The van der Waals surface area contributed by atoms with Crippen molar-refractivity contribution in [1.82, 2.24) is 10.9 Å². The molecule has 0 radical (unpaired) electrons. The molecule has 2 amide bonds. The summed E-state index contributed by atoms with van der Waals surface area (Å²) in [7, 11) is 0.976. The van der Waals surface area contributed by atoms with Crippen molar-refractivity contribution in [2.24, 2.45) is 0 Å². The van der Waals surface area contributed by atoms with Crippen LogP contribution in [0, 0.1) is 11.3 Å². The summed E-state index contributed by atoms with van der Waals surface area (Å²) >= 11 is 0. The average Bonchev–Trinajstić information content (AvgIpc) is 2.13. The first kappa shape index (κ1) is 11.1. The van der Waals surface area contributed by atoms with Gasteiger partial charge in [0.1, 0.15) is 6.07 Å². The first-order valence-electron chi connectivity index (χ1n) is 2.87. The number of nitrogens with zero attached hydrogens (tertiary/aromatic N) is 1. The summed E-state index contributed by atoms with van der Waals surface area (Å²) < 4.78 is 28.2. The van der Waals surface area contributed by atoms with E-state index in [-0.39, 0.29) is 0 Å². The number of nitriles is 1. The summed E-state index contributed by atoms with van der Waals surface area (Å²) in [6.45, 7) is 0. The highest BCUT2D eigenvalue weighted by Crippen LogP contribution is 2.10. The first-order valence-corrected chi connectivity index (χ1v) is 2.87. The Balaban J connectivity index is 4.04. The van der Waals surface area contributed by atoms with Gasteiger partial charge in [-0.05, 0) is 0 Å². The maximum atomic E-state index is 12.1. The number of carbonyl (C=O) groups excluding carboxylic acids is 2. The number of nitrogens with one attached hydrogen (secondary N) is 2. The fourth-order valence-corrected chi connectivity index (χ4v) is 0.288. The normalized spacial score (nSPS) is 9.69. The van der Waals surface area contributed by atoms with Crippen LogP contribution in [0.1, 0.15) is 0 Å². The summed E-state index contributed by atoms with van der Waals surface area (Å²) in [6.07, 6.45) is -1.12. The number of alkyl halides is 2. The standard InChI is InChI=1S/C5H5F2N3O3/c1-13-4(12)10-9-3(11)5(6,7)2-8/h1H3,(H,9,11)(H,10,12). The van der Waals surface area contributed by atoms with Crippen LogP contribution in [0.25, 0.3) is 0 Å². The lowest BCUT2D eigenvalue weighted by atomic mass is 10.4. The number of halogens is 2. The van der Waals surface area contributed by atoms with Crippen LogP contribution in [0.2, 0.25) is 0 Å². The maximum Gasteiger partial charge on any atom is 0.425 e. The molecule has 0 bridgehead atoms. The molecule has 0 aromatic heterocycles. The lowest BCUT2D eigenvalue weighted by Gasteiger charge is -2.08. The smallest absolute Gasteiger partial charge is 0.425 e. The highest BCUT2D eigenvalue weighted by atomic mass is 19.3. The van der Waals surface area contributed by atoms with Crippen LogP contribution < -0.4 is 10.9 Å². The molecular weight excluding hydrogens is 188 g/mol. The molecule has 0 rings (SSSR count). The van der Waals surface area contributed by atoms with E-state index in [0.717, 1.165) is 7.11 Å². The van der Waals surface area contributed by atoms with Gasteiger partial charge in [-0.25, -0.2) is 10.2 Å². The zero-order chi connectivity index (χ0) is 10.5. The summed E-state index contributed by atoms with van der Waals surface area (Å²) in [5.41, 5.74) is 2.77. The van der Waals surface area contributed by atoms with Crippen molar-refractivity contribution in [3.8, 4) is 6.07 Å². The van der Waals surface area contributed by atoms with E-state index >= 15 is 0 Å². The fourth-order valence-electron chi connectivity index (χ4n) is 0.288. The highest BCUT2D eigenvalue weighted by molar-refractivity contribution is 5.87. The molecular formula is C5H5F2N3O3. The minimum Gasteiger partial charge on any atom is -0.452 e. The molecule has 0 atom stereocenters. The largest absolute Gasteiger partial charge is 0.452 e. The molecule has 0 aliphatic heterocycles. The third-order valence-electron chi connectivity index (χ3n) is 0.889. The zero-order valence-electron chi connectivity index (χ0n) is 6.43. The van der Waals surface area contributed by atoms with Gasteiger partial charge in [-0.1, -0.05) is 0 Å². The van der Waals surface area contributed by atoms with Crippen LogP contribution in [0.5, 0.6) is 0 Å². The number of carbonyl (C=O) groups is 2. The van der Waals surface area contributed by atoms with Gasteiger partial charge in [0.05, 0.1) is 7.11 Å². The summed E-state index contributed by atoms with van der Waals surface area (Å²) in [4.78, 5) is 20.6. The minimum atomic E-state index is -4.18. The van der Waals surface area contributed by atoms with E-state index in [1.165, 1.54) is 10.9 Å². The van der Waals surface area contributed by atoms with Crippen molar-refractivity contribution < 1.29 is 23.1 Å². The van der Waals surface area contributed by atoms with Crippen LogP contribution in [0.4, 0.5) is 13.6 Å². The Bertz CT molecular complexity index is 260. The van der Waals surface area contributed by atoms with Crippen molar-refractivity contribution >= 4 is 12.0 Å². The molecule has 0 aromatic carbocycles. The Labute approximate surface area is 71.4 Å². The van der Waals surface area contributed by atoms with Crippen molar-refractivity contribution in [1.29, 1.82) is 5.26 Å². The topological polar surface area (TPSA) is 91.2 Å². The number of hydrogen-bond acceptors (Lipinski definition) is 4. The van der Waals surface area contributed by atoms with Gasteiger partial charge in [-0.3, -0.25) is 10.2 Å². The molecule has 0 spiro atoms. The Morgan fingerprint density at radius 1 is 1.46 bits per heavy atom. The molecule has 0 aliphatic rings. The van der Waals surface area contributed by atoms with Gasteiger partial charge >= 0.3 is 17.9 Å². The Hall–Kier alpha value is -1.91. The first-order chi connectivity index (χ1) is 5.94. The number of hydrogen-bond donors (Lipinski definition) is 2. The molecule has 6 nitrogen and oxygen atoms in total. The van der Waals surface area contributed by atoms with Gasteiger partial charge in [-0.15, -0.1) is 0 Å². The summed E-state index contributed by atoms with van der Waals surface area (Å²) in [5.74, 6) is -6.11. The van der Waals surface area contributed by atoms with Gasteiger partial charge in [0, 0.05) is 0 Å². The molecule has 72 valence electrons. The monoisotopic (exact) mass is 193 g/mol. The molecule has 0 saturated carbocycles. The van der Waals surface area contributed by atoms with Crippen LogP contribution >= 0.6 is 0 Å². The molecule has 2 N–H and O–H groups in total. The van der Waals surface area contributed by atoms with Crippen LogP contribution in [0.3, 0.4) is 0 Å². The van der Waals surface area contributed by atoms with Crippen LogP contribution in [-0.2, 0) is 9.53 Å². The zero-order valence-corrected chi connectivity index (χ0v) is 6.43. The quantitative estimate of drug-likeness (QED) is 0.551. The predicted molar refractivity (Wildman–Crippen MR) is 34.2 cm³/mol. The second kappa shape index (κ2) is 4.20. The SMILES string of the molecule is COC(=O)NNC(=O)C(F)(F)C#N. The minimum absolute atomic E-state index is 0.445. The lowest BCUT2D eigenvalue weighted by Crippen LogP contribution is -2.48. The lowest BCUT2D eigenvalue weighted by molar-refractivity contribution is -0.139. The van der Waals surface area contributed by atoms with Gasteiger partial charge in [0.25, 0.3) is 0 Å². The summed E-state index contributed by atoms with van der Waals surface area (Å²) in [6, 6.07) is 0.445. The maximum absolute atomic E-state index is 12.1. The third kappa shape index (κ3) is 3.33.